The van der Waals surface area contributed by atoms with Crippen LogP contribution in [0, 0.1) is 34.6 Å². The largest absolute Gasteiger partial charge is 0.330 e. The van der Waals surface area contributed by atoms with Gasteiger partial charge in [0.25, 0.3) is 0 Å². The molecule has 0 saturated heterocycles. The van der Waals surface area contributed by atoms with E-state index in [1.807, 2.05) is 4.52 Å². The maximum absolute atomic E-state index is 6.15. The summed E-state index contributed by atoms with van der Waals surface area (Å²) >= 11 is 0. The number of aromatic nitrogens is 3. The number of hydrogen-bond acceptors (Lipinski definition) is 3. The van der Waals surface area contributed by atoms with E-state index < -0.39 is 0 Å². The molecule has 3 aromatic rings. The molecule has 27 heavy (non-hydrogen) atoms. The predicted molar refractivity (Wildman–Crippen MR) is 113 cm³/mol. The first-order valence-electron chi connectivity index (χ1n) is 10.0. The number of unbranched alkanes of at least 4 members (excludes halogenated alkanes) is 1. The van der Waals surface area contributed by atoms with Gasteiger partial charge >= 0.3 is 0 Å². The van der Waals surface area contributed by atoms with E-state index >= 15 is 0 Å². The first-order valence-corrected chi connectivity index (χ1v) is 10.0. The van der Waals surface area contributed by atoms with E-state index in [-0.39, 0.29) is 0 Å². The second-order valence-electron chi connectivity index (χ2n) is 7.87. The Hall–Kier alpha value is -2.20. The van der Waals surface area contributed by atoms with Crippen LogP contribution in [-0.4, -0.2) is 21.1 Å². The van der Waals surface area contributed by atoms with Crippen molar-refractivity contribution in [3.63, 3.8) is 0 Å². The Labute approximate surface area is 162 Å². The molecule has 0 saturated carbocycles. The third kappa shape index (κ3) is 3.63. The molecule has 0 fully saturated rings. The monoisotopic (exact) mass is 364 g/mol. The molecule has 3 rings (SSSR count). The van der Waals surface area contributed by atoms with Gasteiger partial charge in [0.15, 0.2) is 5.65 Å². The average molecular weight is 365 g/mol. The number of nitrogens with zero attached hydrogens (tertiary/aromatic N) is 3. The molecule has 4 heteroatoms. The summed E-state index contributed by atoms with van der Waals surface area (Å²) in [4.78, 5) is 4.89. The highest BCUT2D eigenvalue weighted by Crippen LogP contribution is 2.35. The van der Waals surface area contributed by atoms with Crippen molar-refractivity contribution in [3.05, 3.63) is 52.0 Å². The van der Waals surface area contributed by atoms with E-state index in [9.17, 15) is 0 Å². The molecule has 4 nitrogen and oxygen atoms in total. The Bertz CT molecular complexity index is 945. The highest BCUT2D eigenvalue weighted by molar-refractivity contribution is 5.84. The summed E-state index contributed by atoms with van der Waals surface area (Å²) in [5, 5.41) is 4.91. The van der Waals surface area contributed by atoms with E-state index in [0.29, 0.717) is 12.5 Å². The Kier molecular flexibility index (Phi) is 5.66. The summed E-state index contributed by atoms with van der Waals surface area (Å²) in [6.45, 7) is 13.5. The van der Waals surface area contributed by atoms with Crippen molar-refractivity contribution in [2.45, 2.75) is 66.7 Å². The molecule has 1 unspecified atom stereocenters. The van der Waals surface area contributed by atoms with Crippen molar-refractivity contribution in [1.82, 2.24) is 14.6 Å². The maximum atomic E-state index is 6.15. The number of rotatable bonds is 6. The lowest BCUT2D eigenvalue weighted by Gasteiger charge is -2.17. The van der Waals surface area contributed by atoms with Gasteiger partial charge in [-0.2, -0.15) is 5.10 Å². The molecule has 2 heterocycles. The Morgan fingerprint density at radius 2 is 1.67 bits per heavy atom. The van der Waals surface area contributed by atoms with Crippen molar-refractivity contribution in [2.75, 3.05) is 6.54 Å². The molecule has 1 atom stereocenters. The van der Waals surface area contributed by atoms with Crippen LogP contribution in [-0.2, 0) is 0 Å². The number of hydrogen-bond donors (Lipinski definition) is 1. The number of fused-ring (bicyclic) bond motifs is 1. The Balaban J connectivity index is 2.27. The molecule has 0 spiro atoms. The zero-order valence-electron chi connectivity index (χ0n) is 17.6. The van der Waals surface area contributed by atoms with Crippen molar-refractivity contribution < 1.29 is 0 Å². The molecule has 0 aliphatic carbocycles. The van der Waals surface area contributed by atoms with Crippen molar-refractivity contribution in [3.8, 4) is 11.1 Å². The molecule has 0 bridgehead atoms. The van der Waals surface area contributed by atoms with E-state index in [4.69, 9.17) is 15.8 Å². The summed E-state index contributed by atoms with van der Waals surface area (Å²) in [5.74, 6) is 0.307. The number of nitrogens with two attached hydrogens (primary N) is 1. The number of aryl methyl sites for hydroxylation is 5. The Morgan fingerprint density at radius 1 is 1.00 bits per heavy atom. The second kappa shape index (κ2) is 7.81. The van der Waals surface area contributed by atoms with Crippen LogP contribution in [0.4, 0.5) is 0 Å². The molecular weight excluding hydrogens is 332 g/mol. The highest BCUT2D eigenvalue weighted by atomic mass is 15.3. The average Bonchev–Trinajstić information content (AvgIpc) is 2.91. The summed E-state index contributed by atoms with van der Waals surface area (Å²) in [6.07, 6.45) is 3.44. The van der Waals surface area contributed by atoms with Crippen LogP contribution in [0.1, 0.15) is 65.9 Å². The minimum absolute atomic E-state index is 0.307. The van der Waals surface area contributed by atoms with Crippen molar-refractivity contribution >= 4 is 5.65 Å². The molecule has 0 amide bonds. The topological polar surface area (TPSA) is 56.2 Å². The fourth-order valence-corrected chi connectivity index (χ4v) is 4.27. The van der Waals surface area contributed by atoms with Crippen LogP contribution < -0.4 is 5.73 Å². The minimum Gasteiger partial charge on any atom is -0.330 e. The zero-order valence-corrected chi connectivity index (χ0v) is 17.6. The van der Waals surface area contributed by atoms with Crippen LogP contribution in [0.25, 0.3) is 16.8 Å². The molecule has 2 aromatic heterocycles. The quantitative estimate of drug-likeness (QED) is 0.656. The standard InChI is InChI=1S/C23H32N4/c1-7-8-9-19(13-24)20-12-17(5)25-23-22(18(6)26-27(20)23)21-15(3)10-14(2)11-16(21)4/h10-12,19H,7-9,13,24H2,1-6H3. The number of benzene rings is 1. The molecule has 144 valence electrons. The van der Waals surface area contributed by atoms with Crippen LogP contribution in [0.3, 0.4) is 0 Å². The van der Waals surface area contributed by atoms with Crippen molar-refractivity contribution in [1.29, 1.82) is 0 Å². The zero-order chi connectivity index (χ0) is 19.7. The van der Waals surface area contributed by atoms with Crippen LogP contribution in [0.2, 0.25) is 0 Å². The van der Waals surface area contributed by atoms with Crippen LogP contribution >= 0.6 is 0 Å². The van der Waals surface area contributed by atoms with Gasteiger partial charge in [0, 0.05) is 18.2 Å². The lowest BCUT2D eigenvalue weighted by Crippen LogP contribution is -2.17. The van der Waals surface area contributed by atoms with Gasteiger partial charge in [-0.1, -0.05) is 37.5 Å². The van der Waals surface area contributed by atoms with E-state index in [1.165, 1.54) is 40.8 Å². The van der Waals surface area contributed by atoms with E-state index in [1.54, 1.807) is 0 Å². The third-order valence-corrected chi connectivity index (χ3v) is 5.46. The van der Waals surface area contributed by atoms with Crippen LogP contribution in [0.5, 0.6) is 0 Å². The first kappa shape index (κ1) is 19.6. The molecule has 0 radical (unpaired) electrons. The predicted octanol–water partition coefficient (Wildman–Crippen LogP) is 5.17. The third-order valence-electron chi connectivity index (χ3n) is 5.46. The lowest BCUT2D eigenvalue weighted by molar-refractivity contribution is 0.563. The normalized spacial score (nSPS) is 12.7. The van der Waals surface area contributed by atoms with Gasteiger partial charge in [0.05, 0.1) is 17.0 Å². The van der Waals surface area contributed by atoms with Gasteiger partial charge in [-0.15, -0.1) is 0 Å². The smallest absolute Gasteiger partial charge is 0.163 e. The summed E-state index contributed by atoms with van der Waals surface area (Å²) in [6, 6.07) is 6.64. The van der Waals surface area contributed by atoms with E-state index in [2.05, 4.69) is 59.7 Å². The van der Waals surface area contributed by atoms with Gasteiger partial charge in [-0.05, 0) is 63.8 Å². The fourth-order valence-electron chi connectivity index (χ4n) is 4.27. The van der Waals surface area contributed by atoms with E-state index in [0.717, 1.165) is 29.0 Å². The second-order valence-corrected chi connectivity index (χ2v) is 7.87. The maximum Gasteiger partial charge on any atom is 0.163 e. The molecule has 2 N–H and O–H groups in total. The molecule has 0 aliphatic rings. The first-order chi connectivity index (χ1) is 12.9. The Morgan fingerprint density at radius 3 is 2.26 bits per heavy atom. The molecule has 0 aliphatic heterocycles. The van der Waals surface area contributed by atoms with Gasteiger partial charge in [-0.25, -0.2) is 9.50 Å². The molecule has 1 aromatic carbocycles. The molecular formula is C23H32N4. The van der Waals surface area contributed by atoms with Crippen LogP contribution in [0.15, 0.2) is 18.2 Å². The fraction of sp³-hybridized carbons (Fsp3) is 0.478. The summed E-state index contributed by atoms with van der Waals surface area (Å²) in [5.41, 5.74) is 16.6. The summed E-state index contributed by atoms with van der Waals surface area (Å²) in [7, 11) is 0. The van der Waals surface area contributed by atoms with Gasteiger partial charge < -0.3 is 5.73 Å². The SMILES string of the molecule is CCCCC(CN)c1cc(C)nc2c(-c3c(C)cc(C)cc3C)c(C)nn12. The lowest BCUT2D eigenvalue weighted by atomic mass is 9.93. The van der Waals surface area contributed by atoms with Gasteiger partial charge in [0.2, 0.25) is 0 Å². The minimum atomic E-state index is 0.307. The van der Waals surface area contributed by atoms with Gasteiger partial charge in [-0.3, -0.25) is 0 Å². The van der Waals surface area contributed by atoms with Gasteiger partial charge in [0.1, 0.15) is 0 Å². The highest BCUT2D eigenvalue weighted by Gasteiger charge is 2.22. The summed E-state index contributed by atoms with van der Waals surface area (Å²) < 4.78 is 2.05. The van der Waals surface area contributed by atoms with Crippen molar-refractivity contribution in [2.24, 2.45) is 5.73 Å².